The van der Waals surface area contributed by atoms with Gasteiger partial charge in [-0.25, -0.2) is 17.2 Å². The Morgan fingerprint density at radius 1 is 1.43 bits per heavy atom. The molecule has 10 heteroatoms. The summed E-state index contributed by atoms with van der Waals surface area (Å²) >= 11 is 0. The van der Waals surface area contributed by atoms with Gasteiger partial charge in [0.15, 0.2) is 0 Å². The molecular formula is C11H15F2N3O4S. The Balaban J connectivity index is 3.42. The van der Waals surface area contributed by atoms with Crippen molar-refractivity contribution in [3.8, 4) is 0 Å². The Morgan fingerprint density at radius 2 is 2.00 bits per heavy atom. The molecule has 0 bridgehead atoms. The third kappa shape index (κ3) is 3.64. The zero-order valence-corrected chi connectivity index (χ0v) is 12.4. The average Bonchev–Trinajstić information content (AvgIpc) is 2.36. The number of rotatable bonds is 6. The van der Waals surface area contributed by atoms with E-state index in [4.69, 9.17) is 0 Å². The molecule has 0 amide bonds. The van der Waals surface area contributed by atoms with Crippen LogP contribution >= 0.6 is 0 Å². The molecule has 21 heavy (non-hydrogen) atoms. The number of anilines is 1. The van der Waals surface area contributed by atoms with Crippen LogP contribution in [0.15, 0.2) is 17.0 Å². The summed E-state index contributed by atoms with van der Waals surface area (Å²) in [6, 6.07) is 2.17. The van der Waals surface area contributed by atoms with Gasteiger partial charge in [-0.3, -0.25) is 10.1 Å². The van der Waals surface area contributed by atoms with Crippen LogP contribution < -0.4 is 5.32 Å². The Kier molecular flexibility index (Phi) is 5.18. The number of hydrogen-bond donors (Lipinski definition) is 1. The number of halogens is 2. The minimum atomic E-state index is -4.22. The largest absolute Gasteiger partial charge is 0.383 e. The van der Waals surface area contributed by atoms with E-state index in [-0.39, 0.29) is 16.1 Å². The Labute approximate surface area is 120 Å². The first kappa shape index (κ1) is 17.2. The fraction of sp³-hybridized carbons (Fsp3) is 0.455. The van der Waals surface area contributed by atoms with Crippen molar-refractivity contribution in [2.24, 2.45) is 0 Å². The average molecular weight is 323 g/mol. The summed E-state index contributed by atoms with van der Waals surface area (Å²) in [5, 5.41) is 13.5. The Bertz CT molecular complexity index is 649. The van der Waals surface area contributed by atoms with Crippen molar-refractivity contribution in [3.05, 3.63) is 27.8 Å². The van der Waals surface area contributed by atoms with Gasteiger partial charge in [0.1, 0.15) is 5.69 Å². The molecule has 0 aliphatic rings. The first-order chi connectivity index (χ1) is 9.61. The predicted octanol–water partition coefficient (Wildman–Crippen LogP) is 1.83. The maximum absolute atomic E-state index is 12.3. The van der Waals surface area contributed by atoms with Crippen molar-refractivity contribution < 1.29 is 22.1 Å². The lowest BCUT2D eigenvalue weighted by atomic mass is 10.2. The van der Waals surface area contributed by atoms with Crippen LogP contribution in [0.5, 0.6) is 0 Å². The highest BCUT2D eigenvalue weighted by molar-refractivity contribution is 7.89. The molecule has 118 valence electrons. The van der Waals surface area contributed by atoms with Gasteiger partial charge in [-0.15, -0.1) is 0 Å². The van der Waals surface area contributed by atoms with E-state index in [1.807, 2.05) is 0 Å². The number of sulfonamides is 1. The second-order valence-corrected chi connectivity index (χ2v) is 6.33. The van der Waals surface area contributed by atoms with Crippen LogP contribution in [-0.4, -0.2) is 44.7 Å². The maximum Gasteiger partial charge on any atom is 0.293 e. The molecule has 7 nitrogen and oxygen atoms in total. The number of alkyl halides is 2. The molecule has 0 saturated carbocycles. The van der Waals surface area contributed by atoms with Crippen LogP contribution in [0.2, 0.25) is 0 Å². The highest BCUT2D eigenvalue weighted by Gasteiger charge is 2.28. The molecule has 0 heterocycles. The van der Waals surface area contributed by atoms with Crippen LogP contribution in [0.4, 0.5) is 20.2 Å². The summed E-state index contributed by atoms with van der Waals surface area (Å²) < 4.78 is 49.6. The minimum absolute atomic E-state index is 0.146. The molecular weight excluding hydrogens is 308 g/mol. The fourth-order valence-corrected chi connectivity index (χ4v) is 3.14. The van der Waals surface area contributed by atoms with Gasteiger partial charge in [-0.05, 0) is 18.6 Å². The molecule has 0 spiro atoms. The highest BCUT2D eigenvalue weighted by atomic mass is 32.2. The first-order valence-electron chi connectivity index (χ1n) is 5.82. The summed E-state index contributed by atoms with van der Waals surface area (Å²) in [7, 11) is -1.77. The van der Waals surface area contributed by atoms with E-state index in [2.05, 4.69) is 5.32 Å². The van der Waals surface area contributed by atoms with Gasteiger partial charge in [0.25, 0.3) is 12.1 Å². The van der Waals surface area contributed by atoms with Gasteiger partial charge >= 0.3 is 0 Å². The molecule has 0 fully saturated rings. The zero-order valence-electron chi connectivity index (χ0n) is 11.6. The Morgan fingerprint density at radius 3 is 2.43 bits per heavy atom. The van der Waals surface area contributed by atoms with Crippen molar-refractivity contribution in [2.75, 3.05) is 26.0 Å². The molecule has 0 radical (unpaired) electrons. The molecule has 1 rings (SSSR count). The summed E-state index contributed by atoms with van der Waals surface area (Å²) in [5.74, 6) is 0. The normalized spacial score (nSPS) is 12.0. The number of benzene rings is 1. The van der Waals surface area contributed by atoms with Gasteiger partial charge in [-0.1, -0.05) is 0 Å². The second-order valence-electron chi connectivity index (χ2n) is 4.32. The van der Waals surface area contributed by atoms with Crippen LogP contribution in [0, 0.1) is 17.0 Å². The van der Waals surface area contributed by atoms with Crippen molar-refractivity contribution in [2.45, 2.75) is 18.2 Å². The molecule has 0 atom stereocenters. The zero-order chi connectivity index (χ0) is 16.4. The lowest BCUT2D eigenvalue weighted by molar-refractivity contribution is -0.384. The van der Waals surface area contributed by atoms with Crippen molar-refractivity contribution in [1.29, 1.82) is 0 Å². The molecule has 0 aliphatic carbocycles. The van der Waals surface area contributed by atoms with Gasteiger partial charge < -0.3 is 5.32 Å². The van der Waals surface area contributed by atoms with Crippen LogP contribution in [0.1, 0.15) is 5.56 Å². The van der Waals surface area contributed by atoms with E-state index < -0.39 is 33.6 Å². The van der Waals surface area contributed by atoms with Crippen LogP contribution in [0.3, 0.4) is 0 Å². The fourth-order valence-electron chi connectivity index (χ4n) is 1.77. The number of nitro groups is 1. The van der Waals surface area contributed by atoms with E-state index in [9.17, 15) is 27.3 Å². The van der Waals surface area contributed by atoms with Gasteiger partial charge in [0.05, 0.1) is 16.4 Å². The summed E-state index contributed by atoms with van der Waals surface area (Å²) in [4.78, 5) is 9.85. The van der Waals surface area contributed by atoms with E-state index in [0.29, 0.717) is 4.31 Å². The lowest BCUT2D eigenvalue weighted by Gasteiger charge is -2.18. The van der Waals surface area contributed by atoms with Crippen LogP contribution in [-0.2, 0) is 10.0 Å². The topological polar surface area (TPSA) is 92.6 Å². The molecule has 0 aromatic heterocycles. The first-order valence-corrected chi connectivity index (χ1v) is 7.26. The third-order valence-corrected chi connectivity index (χ3v) is 4.81. The molecule has 1 N–H and O–H groups in total. The molecule has 1 aromatic carbocycles. The predicted molar refractivity (Wildman–Crippen MR) is 73.2 cm³/mol. The van der Waals surface area contributed by atoms with E-state index in [1.54, 1.807) is 0 Å². The van der Waals surface area contributed by atoms with E-state index in [0.717, 1.165) is 13.1 Å². The standard InChI is InChI=1S/C11H15F2N3O4S/c1-7-4-8(14-2)9(16(17)18)5-10(7)21(19,20)15(3)6-11(12)13/h4-5,11,14H,6H2,1-3H3. The number of nitro benzene ring substituents is 1. The number of nitrogens with zero attached hydrogens (tertiary/aromatic N) is 2. The van der Waals surface area contributed by atoms with Crippen molar-refractivity contribution in [3.63, 3.8) is 0 Å². The molecule has 1 aromatic rings. The number of aryl methyl sites for hydroxylation is 1. The molecule has 0 unspecified atom stereocenters. The third-order valence-electron chi connectivity index (χ3n) is 2.84. The SMILES string of the molecule is CNc1cc(C)c(S(=O)(=O)N(C)CC(F)F)cc1[N+](=O)[O-]. The van der Waals surface area contributed by atoms with Crippen molar-refractivity contribution >= 4 is 21.4 Å². The van der Waals surface area contributed by atoms with Crippen molar-refractivity contribution in [1.82, 2.24) is 4.31 Å². The van der Waals surface area contributed by atoms with Crippen LogP contribution in [0.25, 0.3) is 0 Å². The molecule has 0 saturated heterocycles. The van der Waals surface area contributed by atoms with Gasteiger partial charge in [-0.2, -0.15) is 4.31 Å². The lowest BCUT2D eigenvalue weighted by Crippen LogP contribution is -2.31. The monoisotopic (exact) mass is 323 g/mol. The summed E-state index contributed by atoms with van der Waals surface area (Å²) in [5.41, 5.74) is -0.0637. The number of hydrogen-bond acceptors (Lipinski definition) is 5. The smallest absolute Gasteiger partial charge is 0.293 e. The highest BCUT2D eigenvalue weighted by Crippen LogP contribution is 2.31. The van der Waals surface area contributed by atoms with E-state index >= 15 is 0 Å². The second kappa shape index (κ2) is 6.31. The minimum Gasteiger partial charge on any atom is -0.383 e. The molecule has 0 aliphatic heterocycles. The summed E-state index contributed by atoms with van der Waals surface area (Å²) in [6.07, 6.45) is -2.84. The quantitative estimate of drug-likeness (QED) is 0.637. The number of nitrogens with one attached hydrogen (secondary N) is 1. The van der Waals surface area contributed by atoms with Gasteiger partial charge in [0, 0.05) is 20.2 Å². The Hall–Kier alpha value is -1.81. The maximum atomic E-state index is 12.3. The summed E-state index contributed by atoms with van der Waals surface area (Å²) in [6.45, 7) is 0.455. The van der Waals surface area contributed by atoms with Gasteiger partial charge in [0.2, 0.25) is 10.0 Å². The van der Waals surface area contributed by atoms with E-state index in [1.165, 1.54) is 20.0 Å².